The average molecular weight is 380 g/mol. The van der Waals surface area contributed by atoms with Gasteiger partial charge >= 0.3 is 6.03 Å². The van der Waals surface area contributed by atoms with Crippen molar-refractivity contribution in [2.24, 2.45) is 0 Å². The molecule has 1 aromatic rings. The zero-order valence-electron chi connectivity index (χ0n) is 14.8. The standard InChI is InChI=1S/C19H26ClN3O3/c20-15-7-3-4-8-16(15)23-12-14(11-17(23)25)21-18(26)22-19(13-24)9-5-1-2-6-10-19/h3-4,7-8,14,24H,1-2,5-6,9-13H2,(H2,21,22,26)/t14-/m1/s1. The molecule has 3 amide bonds. The Kier molecular flexibility index (Phi) is 6.04. The van der Waals surface area contributed by atoms with Crippen molar-refractivity contribution in [3.8, 4) is 0 Å². The van der Waals surface area contributed by atoms with Crippen molar-refractivity contribution >= 4 is 29.2 Å². The molecule has 0 spiro atoms. The van der Waals surface area contributed by atoms with Crippen LogP contribution >= 0.6 is 11.6 Å². The number of hydrogen-bond acceptors (Lipinski definition) is 3. The van der Waals surface area contributed by atoms with E-state index in [9.17, 15) is 14.7 Å². The largest absolute Gasteiger partial charge is 0.394 e. The summed E-state index contributed by atoms with van der Waals surface area (Å²) in [5.41, 5.74) is 0.116. The normalized spacial score (nSPS) is 22.8. The first-order valence-corrected chi connectivity index (χ1v) is 9.65. The highest BCUT2D eigenvalue weighted by molar-refractivity contribution is 6.33. The van der Waals surface area contributed by atoms with Crippen LogP contribution in [0.4, 0.5) is 10.5 Å². The van der Waals surface area contributed by atoms with Gasteiger partial charge < -0.3 is 20.6 Å². The Morgan fingerprint density at radius 2 is 1.92 bits per heavy atom. The van der Waals surface area contributed by atoms with Crippen LogP contribution in [0.25, 0.3) is 0 Å². The maximum atomic E-state index is 12.5. The van der Waals surface area contributed by atoms with Crippen LogP contribution < -0.4 is 15.5 Å². The molecule has 0 radical (unpaired) electrons. The molecule has 7 heteroatoms. The number of rotatable bonds is 4. The van der Waals surface area contributed by atoms with Gasteiger partial charge in [-0.1, -0.05) is 49.4 Å². The number of halogens is 1. The number of amides is 3. The minimum absolute atomic E-state index is 0.0598. The highest BCUT2D eigenvalue weighted by atomic mass is 35.5. The Morgan fingerprint density at radius 1 is 1.23 bits per heavy atom. The highest BCUT2D eigenvalue weighted by Crippen LogP contribution is 2.29. The molecule has 0 bridgehead atoms. The van der Waals surface area contributed by atoms with E-state index in [1.807, 2.05) is 12.1 Å². The number of benzene rings is 1. The Morgan fingerprint density at radius 3 is 2.58 bits per heavy atom. The van der Waals surface area contributed by atoms with Crippen LogP contribution in [0.2, 0.25) is 5.02 Å². The van der Waals surface area contributed by atoms with E-state index in [1.54, 1.807) is 17.0 Å². The fourth-order valence-electron chi connectivity index (χ4n) is 3.90. The third kappa shape index (κ3) is 4.30. The number of carbonyl (C=O) groups excluding carboxylic acids is 2. The van der Waals surface area contributed by atoms with Crippen LogP contribution in [0, 0.1) is 0 Å². The molecule has 2 aliphatic rings. The van der Waals surface area contributed by atoms with Crippen LogP contribution in [0.5, 0.6) is 0 Å². The first kappa shape index (κ1) is 19.0. The van der Waals surface area contributed by atoms with Crippen LogP contribution in [0.15, 0.2) is 24.3 Å². The maximum Gasteiger partial charge on any atom is 0.315 e. The van der Waals surface area contributed by atoms with Crippen LogP contribution in [0.3, 0.4) is 0 Å². The summed E-state index contributed by atoms with van der Waals surface area (Å²) in [7, 11) is 0. The molecule has 1 aliphatic carbocycles. The number of nitrogens with zero attached hydrogens (tertiary/aromatic N) is 1. The lowest BCUT2D eigenvalue weighted by Gasteiger charge is -2.32. The number of hydrogen-bond donors (Lipinski definition) is 3. The zero-order chi connectivity index (χ0) is 18.6. The molecule has 1 heterocycles. The molecule has 0 unspecified atom stereocenters. The van der Waals surface area contributed by atoms with E-state index in [-0.39, 0.29) is 31.0 Å². The first-order chi connectivity index (χ1) is 12.5. The number of nitrogens with one attached hydrogen (secondary N) is 2. The van der Waals surface area contributed by atoms with Crippen molar-refractivity contribution in [3.63, 3.8) is 0 Å². The summed E-state index contributed by atoms with van der Waals surface area (Å²) in [5.74, 6) is -0.0604. The van der Waals surface area contributed by atoms with Gasteiger partial charge in [0, 0.05) is 13.0 Å². The number of aliphatic hydroxyl groups is 1. The molecular weight excluding hydrogens is 354 g/mol. The second kappa shape index (κ2) is 8.27. The van der Waals surface area contributed by atoms with Crippen LogP contribution in [-0.2, 0) is 4.79 Å². The quantitative estimate of drug-likeness (QED) is 0.703. The SMILES string of the molecule is O=C(N[C@@H]1CC(=O)N(c2ccccc2Cl)C1)NC1(CO)CCCCCC1. The van der Waals surface area contributed by atoms with Crippen molar-refractivity contribution in [2.45, 2.75) is 56.5 Å². The summed E-state index contributed by atoms with van der Waals surface area (Å²) >= 11 is 6.18. The van der Waals surface area contributed by atoms with Gasteiger partial charge in [0.05, 0.1) is 28.9 Å². The van der Waals surface area contributed by atoms with Crippen molar-refractivity contribution < 1.29 is 14.7 Å². The monoisotopic (exact) mass is 379 g/mol. The molecule has 6 nitrogen and oxygen atoms in total. The molecule has 26 heavy (non-hydrogen) atoms. The van der Waals surface area contributed by atoms with E-state index in [0.29, 0.717) is 17.3 Å². The van der Waals surface area contributed by atoms with Gasteiger partial charge in [-0.15, -0.1) is 0 Å². The van der Waals surface area contributed by atoms with Crippen molar-refractivity contribution in [2.75, 3.05) is 18.1 Å². The van der Waals surface area contributed by atoms with Crippen LogP contribution in [-0.4, -0.2) is 41.8 Å². The first-order valence-electron chi connectivity index (χ1n) is 9.27. The summed E-state index contributed by atoms with van der Waals surface area (Å²) in [5, 5.41) is 16.2. The lowest BCUT2D eigenvalue weighted by molar-refractivity contribution is -0.117. The smallest absolute Gasteiger partial charge is 0.315 e. The minimum atomic E-state index is -0.550. The van der Waals surface area contributed by atoms with Crippen molar-refractivity contribution in [3.05, 3.63) is 29.3 Å². The van der Waals surface area contributed by atoms with E-state index in [0.717, 1.165) is 38.5 Å². The maximum absolute atomic E-state index is 12.5. The molecule has 1 aromatic carbocycles. The molecule has 142 valence electrons. The van der Waals surface area contributed by atoms with E-state index in [4.69, 9.17) is 11.6 Å². The molecule has 3 N–H and O–H groups in total. The number of aliphatic hydroxyl groups excluding tert-OH is 1. The number of anilines is 1. The Labute approximate surface area is 158 Å². The van der Waals surface area contributed by atoms with Gasteiger partial charge in [-0.2, -0.15) is 0 Å². The molecule has 0 aromatic heterocycles. The lowest BCUT2D eigenvalue weighted by atomic mass is 9.91. The predicted octanol–water partition coefficient (Wildman–Crippen LogP) is 2.83. The second-order valence-corrected chi connectivity index (χ2v) is 7.72. The second-order valence-electron chi connectivity index (χ2n) is 7.31. The van der Waals surface area contributed by atoms with Gasteiger partial charge in [0.1, 0.15) is 0 Å². The predicted molar refractivity (Wildman–Crippen MR) is 101 cm³/mol. The number of carbonyl (C=O) groups is 2. The summed E-state index contributed by atoms with van der Waals surface area (Å²) < 4.78 is 0. The summed E-state index contributed by atoms with van der Waals surface area (Å²) in [6, 6.07) is 6.60. The molecule has 1 saturated heterocycles. The Balaban J connectivity index is 1.60. The summed E-state index contributed by atoms with van der Waals surface area (Å²) in [6.45, 7) is 0.331. The summed E-state index contributed by atoms with van der Waals surface area (Å²) in [4.78, 5) is 26.4. The van der Waals surface area contributed by atoms with Gasteiger partial charge in [0.15, 0.2) is 0 Å². The zero-order valence-corrected chi connectivity index (χ0v) is 15.6. The van der Waals surface area contributed by atoms with Gasteiger partial charge in [-0.25, -0.2) is 4.79 Å². The highest BCUT2D eigenvalue weighted by Gasteiger charge is 2.35. The molecular formula is C19H26ClN3O3. The average Bonchev–Trinajstić information content (AvgIpc) is 2.82. The third-order valence-electron chi connectivity index (χ3n) is 5.35. The van der Waals surface area contributed by atoms with E-state index in [2.05, 4.69) is 10.6 Å². The fourth-order valence-corrected chi connectivity index (χ4v) is 4.14. The topological polar surface area (TPSA) is 81.7 Å². The molecule has 1 atom stereocenters. The van der Waals surface area contributed by atoms with Crippen LogP contribution in [0.1, 0.15) is 44.9 Å². The number of urea groups is 1. The fraction of sp³-hybridized carbons (Fsp3) is 0.579. The number of para-hydroxylation sites is 1. The molecule has 1 aliphatic heterocycles. The molecule has 1 saturated carbocycles. The minimum Gasteiger partial charge on any atom is -0.394 e. The van der Waals surface area contributed by atoms with Gasteiger partial charge in [0.25, 0.3) is 0 Å². The molecule has 2 fully saturated rings. The summed E-state index contributed by atoms with van der Waals surface area (Å²) in [6.07, 6.45) is 6.08. The van der Waals surface area contributed by atoms with E-state index >= 15 is 0 Å². The van der Waals surface area contributed by atoms with Gasteiger partial charge in [-0.3, -0.25) is 4.79 Å². The third-order valence-corrected chi connectivity index (χ3v) is 5.67. The van der Waals surface area contributed by atoms with E-state index < -0.39 is 5.54 Å². The lowest BCUT2D eigenvalue weighted by Crippen LogP contribution is -2.56. The van der Waals surface area contributed by atoms with Crippen molar-refractivity contribution in [1.29, 1.82) is 0 Å². The van der Waals surface area contributed by atoms with Gasteiger partial charge in [-0.05, 0) is 25.0 Å². The van der Waals surface area contributed by atoms with Gasteiger partial charge in [0.2, 0.25) is 5.91 Å². The van der Waals surface area contributed by atoms with E-state index in [1.165, 1.54) is 0 Å². The Hall–Kier alpha value is -1.79. The molecule has 3 rings (SSSR count). The Bertz CT molecular complexity index is 659. The van der Waals surface area contributed by atoms with Crippen molar-refractivity contribution in [1.82, 2.24) is 10.6 Å².